The smallest absolute Gasteiger partial charge is 0.262 e. The standard InChI is InChI=1S/C25H17FN4O3/c26-18-7-9-19(10-8-18)28-23(31)15-33-20-11-5-16(6-12-20)13-17(14-27)24-29-22-4-2-1-3-21(22)25(32)30-24/h1-13H,15H2,(H,28,31)(H,29,30,32). The van der Waals surface area contributed by atoms with E-state index in [1.165, 1.54) is 24.3 Å². The average Bonchev–Trinajstić information content (AvgIpc) is 2.83. The highest BCUT2D eigenvalue weighted by Gasteiger charge is 2.09. The molecule has 0 aliphatic rings. The number of fused-ring (bicyclic) bond motifs is 1. The maximum absolute atomic E-state index is 12.9. The second-order valence-corrected chi connectivity index (χ2v) is 7.01. The lowest BCUT2D eigenvalue weighted by molar-refractivity contribution is -0.118. The van der Waals surface area contributed by atoms with Gasteiger partial charge in [0.15, 0.2) is 12.4 Å². The molecule has 8 heteroatoms. The number of anilines is 1. The number of hydrogen-bond acceptors (Lipinski definition) is 5. The van der Waals surface area contributed by atoms with Gasteiger partial charge in [0.1, 0.15) is 17.6 Å². The first-order chi connectivity index (χ1) is 16.0. The fourth-order valence-electron chi connectivity index (χ4n) is 3.07. The van der Waals surface area contributed by atoms with Crippen molar-refractivity contribution in [2.75, 3.05) is 11.9 Å². The van der Waals surface area contributed by atoms with Crippen molar-refractivity contribution in [1.82, 2.24) is 9.97 Å². The van der Waals surface area contributed by atoms with Crippen molar-refractivity contribution in [2.45, 2.75) is 0 Å². The number of amides is 1. The summed E-state index contributed by atoms with van der Waals surface area (Å²) in [6, 6.07) is 21.1. The summed E-state index contributed by atoms with van der Waals surface area (Å²) < 4.78 is 18.4. The van der Waals surface area contributed by atoms with Gasteiger partial charge in [-0.3, -0.25) is 9.59 Å². The van der Waals surface area contributed by atoms with Crippen LogP contribution in [0, 0.1) is 17.1 Å². The van der Waals surface area contributed by atoms with Gasteiger partial charge in [-0.2, -0.15) is 5.26 Å². The number of H-pyrrole nitrogens is 1. The number of nitrogens with zero attached hydrogens (tertiary/aromatic N) is 2. The molecular weight excluding hydrogens is 423 g/mol. The third-order valence-corrected chi connectivity index (χ3v) is 4.68. The first kappa shape index (κ1) is 21.5. The highest BCUT2D eigenvalue weighted by Crippen LogP contribution is 2.19. The quantitative estimate of drug-likeness (QED) is 0.438. The number of ether oxygens (including phenoxy) is 1. The second kappa shape index (κ2) is 9.58. The Morgan fingerprint density at radius 1 is 1.09 bits per heavy atom. The number of carbonyl (C=O) groups is 1. The summed E-state index contributed by atoms with van der Waals surface area (Å²) >= 11 is 0. The van der Waals surface area contributed by atoms with Gasteiger partial charge >= 0.3 is 0 Å². The second-order valence-electron chi connectivity index (χ2n) is 7.01. The Hall–Kier alpha value is -4.77. The van der Waals surface area contributed by atoms with E-state index in [0.717, 1.165) is 0 Å². The zero-order valence-corrected chi connectivity index (χ0v) is 17.2. The fraction of sp³-hybridized carbons (Fsp3) is 0.0400. The normalized spacial score (nSPS) is 11.1. The third-order valence-electron chi connectivity index (χ3n) is 4.68. The van der Waals surface area contributed by atoms with Crippen molar-refractivity contribution >= 4 is 34.1 Å². The van der Waals surface area contributed by atoms with Gasteiger partial charge in [0.2, 0.25) is 0 Å². The van der Waals surface area contributed by atoms with Crippen LogP contribution in [0.15, 0.2) is 77.6 Å². The van der Waals surface area contributed by atoms with E-state index >= 15 is 0 Å². The Balaban J connectivity index is 1.44. The zero-order chi connectivity index (χ0) is 23.2. The molecule has 7 nitrogen and oxygen atoms in total. The maximum Gasteiger partial charge on any atom is 0.262 e. The molecule has 0 radical (unpaired) electrons. The number of nitrogens with one attached hydrogen (secondary N) is 2. The molecule has 0 fully saturated rings. The third kappa shape index (κ3) is 5.29. The number of para-hydroxylation sites is 1. The van der Waals surface area contributed by atoms with Gasteiger partial charge < -0.3 is 15.0 Å². The van der Waals surface area contributed by atoms with Crippen LogP contribution < -0.4 is 15.6 Å². The van der Waals surface area contributed by atoms with Crippen LogP contribution in [-0.4, -0.2) is 22.5 Å². The lowest BCUT2D eigenvalue weighted by Gasteiger charge is -2.08. The molecular formula is C25H17FN4O3. The number of carbonyl (C=O) groups excluding carboxylic acids is 1. The van der Waals surface area contributed by atoms with Crippen LogP contribution in [0.2, 0.25) is 0 Å². The summed E-state index contributed by atoms with van der Waals surface area (Å²) in [6.45, 7) is -0.224. The highest BCUT2D eigenvalue weighted by atomic mass is 19.1. The van der Waals surface area contributed by atoms with E-state index in [1.807, 2.05) is 0 Å². The van der Waals surface area contributed by atoms with Crippen molar-refractivity contribution in [3.8, 4) is 11.8 Å². The fourth-order valence-corrected chi connectivity index (χ4v) is 3.07. The molecule has 0 spiro atoms. The summed E-state index contributed by atoms with van der Waals surface area (Å²) in [5, 5.41) is 12.6. The van der Waals surface area contributed by atoms with Gasteiger partial charge in [-0.15, -0.1) is 0 Å². The van der Waals surface area contributed by atoms with E-state index in [0.29, 0.717) is 27.9 Å². The van der Waals surface area contributed by atoms with Crippen molar-refractivity contribution in [3.05, 3.63) is 100 Å². The summed E-state index contributed by atoms with van der Waals surface area (Å²) in [4.78, 5) is 31.3. The molecule has 1 amide bonds. The number of allylic oxidation sites excluding steroid dienone is 1. The van der Waals surface area contributed by atoms with Crippen molar-refractivity contribution in [1.29, 1.82) is 5.26 Å². The predicted molar refractivity (Wildman–Crippen MR) is 123 cm³/mol. The van der Waals surface area contributed by atoms with Gasteiger partial charge in [0.05, 0.1) is 16.5 Å². The first-order valence-electron chi connectivity index (χ1n) is 9.91. The van der Waals surface area contributed by atoms with Crippen LogP contribution in [0.5, 0.6) is 5.75 Å². The molecule has 0 saturated carbocycles. The van der Waals surface area contributed by atoms with Crippen LogP contribution >= 0.6 is 0 Å². The molecule has 4 rings (SSSR count). The Kier molecular flexibility index (Phi) is 6.23. The minimum Gasteiger partial charge on any atom is -0.484 e. The minimum atomic E-state index is -0.388. The molecule has 0 aliphatic carbocycles. The summed E-state index contributed by atoms with van der Waals surface area (Å²) in [5.74, 6) is -0.138. The number of aromatic nitrogens is 2. The van der Waals surface area contributed by atoms with Crippen LogP contribution in [0.1, 0.15) is 11.4 Å². The maximum atomic E-state index is 12.9. The van der Waals surface area contributed by atoms with E-state index < -0.39 is 0 Å². The topological polar surface area (TPSA) is 108 Å². The van der Waals surface area contributed by atoms with Crippen LogP contribution in [-0.2, 0) is 4.79 Å². The van der Waals surface area contributed by atoms with Crippen molar-refractivity contribution in [3.63, 3.8) is 0 Å². The Bertz CT molecular complexity index is 1440. The van der Waals surface area contributed by atoms with E-state index in [2.05, 4.69) is 21.4 Å². The molecule has 0 aliphatic heterocycles. The Morgan fingerprint density at radius 3 is 2.55 bits per heavy atom. The number of halogens is 1. The number of aromatic amines is 1. The average molecular weight is 440 g/mol. The monoisotopic (exact) mass is 440 g/mol. The summed E-state index contributed by atoms with van der Waals surface area (Å²) in [5.41, 5.74) is 1.53. The summed E-state index contributed by atoms with van der Waals surface area (Å²) in [6.07, 6.45) is 1.60. The Labute approximate surface area is 187 Å². The van der Waals surface area contributed by atoms with Crippen LogP contribution in [0.3, 0.4) is 0 Å². The van der Waals surface area contributed by atoms with E-state index in [1.54, 1.807) is 54.6 Å². The van der Waals surface area contributed by atoms with Gasteiger partial charge in [-0.1, -0.05) is 24.3 Å². The van der Waals surface area contributed by atoms with E-state index in [9.17, 15) is 19.2 Å². The molecule has 0 unspecified atom stereocenters. The summed E-state index contributed by atoms with van der Waals surface area (Å²) in [7, 11) is 0. The molecule has 3 aromatic carbocycles. The molecule has 162 valence electrons. The highest BCUT2D eigenvalue weighted by molar-refractivity contribution is 5.92. The van der Waals surface area contributed by atoms with Crippen LogP contribution in [0.4, 0.5) is 10.1 Å². The number of benzene rings is 3. The van der Waals surface area contributed by atoms with Crippen molar-refractivity contribution in [2.24, 2.45) is 0 Å². The molecule has 0 bridgehead atoms. The number of nitriles is 1. The van der Waals surface area contributed by atoms with Crippen LogP contribution in [0.25, 0.3) is 22.6 Å². The molecule has 0 saturated heterocycles. The number of hydrogen-bond donors (Lipinski definition) is 2. The molecule has 2 N–H and O–H groups in total. The largest absolute Gasteiger partial charge is 0.484 e. The molecule has 1 heterocycles. The van der Waals surface area contributed by atoms with Gasteiger partial charge in [-0.05, 0) is 60.2 Å². The molecule has 1 aromatic heterocycles. The lowest BCUT2D eigenvalue weighted by Crippen LogP contribution is -2.20. The molecule has 33 heavy (non-hydrogen) atoms. The van der Waals surface area contributed by atoms with Crippen molar-refractivity contribution < 1.29 is 13.9 Å². The SMILES string of the molecule is N#CC(=Cc1ccc(OCC(=O)Nc2ccc(F)cc2)cc1)c1nc2ccccc2c(=O)[nH]1. The van der Waals surface area contributed by atoms with Gasteiger partial charge in [0.25, 0.3) is 11.5 Å². The number of rotatable bonds is 6. The molecule has 4 aromatic rings. The minimum absolute atomic E-state index is 0.180. The first-order valence-corrected chi connectivity index (χ1v) is 9.91. The van der Waals surface area contributed by atoms with Gasteiger partial charge in [0, 0.05) is 5.69 Å². The lowest BCUT2D eigenvalue weighted by atomic mass is 10.1. The predicted octanol–water partition coefficient (Wildman–Crippen LogP) is 4.14. The molecule has 0 atom stereocenters. The van der Waals surface area contributed by atoms with E-state index in [-0.39, 0.29) is 35.3 Å². The zero-order valence-electron chi connectivity index (χ0n) is 17.2. The van der Waals surface area contributed by atoms with Gasteiger partial charge in [-0.25, -0.2) is 9.37 Å². The van der Waals surface area contributed by atoms with E-state index in [4.69, 9.17) is 4.74 Å². The Morgan fingerprint density at radius 2 is 1.82 bits per heavy atom.